The van der Waals surface area contributed by atoms with Crippen LogP contribution in [0.2, 0.25) is 0 Å². The minimum absolute atomic E-state index is 0.0239. The summed E-state index contributed by atoms with van der Waals surface area (Å²) in [6.07, 6.45) is 0. The molecule has 0 aliphatic carbocycles. The van der Waals surface area contributed by atoms with Gasteiger partial charge in [0.15, 0.2) is 12.1 Å². The van der Waals surface area contributed by atoms with Crippen LogP contribution in [0.5, 0.6) is 0 Å². The Balaban J connectivity index is 1.51. The molecule has 29 heavy (non-hydrogen) atoms. The SMILES string of the molecule is Cc1ccc(N2C(=O)[C@@H]3N=NN(CC(=O)Nc4ccccc4F)[C@H]3C2=O)cc1C. The van der Waals surface area contributed by atoms with Gasteiger partial charge in [0.2, 0.25) is 5.91 Å². The third kappa shape index (κ3) is 3.24. The highest BCUT2D eigenvalue weighted by atomic mass is 19.1. The highest BCUT2D eigenvalue weighted by Gasteiger charge is 2.55. The highest BCUT2D eigenvalue weighted by molar-refractivity contribution is 6.25. The molecule has 2 aliphatic rings. The minimum Gasteiger partial charge on any atom is -0.322 e. The molecular formula is C20H18FN5O3. The van der Waals surface area contributed by atoms with Gasteiger partial charge < -0.3 is 5.32 Å². The Bertz CT molecular complexity index is 1050. The predicted molar refractivity (Wildman–Crippen MR) is 103 cm³/mol. The molecule has 0 radical (unpaired) electrons. The lowest BCUT2D eigenvalue weighted by Gasteiger charge is -2.20. The third-order valence-electron chi connectivity index (χ3n) is 5.06. The third-order valence-corrected chi connectivity index (χ3v) is 5.06. The number of rotatable bonds is 4. The van der Waals surface area contributed by atoms with E-state index in [-0.39, 0.29) is 12.2 Å². The van der Waals surface area contributed by atoms with Gasteiger partial charge in [-0.3, -0.25) is 19.4 Å². The lowest BCUT2D eigenvalue weighted by molar-refractivity contribution is -0.123. The molecular weight excluding hydrogens is 377 g/mol. The molecule has 1 fully saturated rings. The summed E-state index contributed by atoms with van der Waals surface area (Å²) in [4.78, 5) is 39.1. The standard InChI is InChI=1S/C20H18FN5O3/c1-11-7-8-13(9-12(11)2)26-19(28)17-18(20(26)29)25(24-23-17)10-16(27)22-15-6-4-3-5-14(15)21/h3-9,17-18H,10H2,1-2H3,(H,22,27)/t17-,18-/m1/s1. The van der Waals surface area contributed by atoms with E-state index < -0.39 is 35.6 Å². The van der Waals surface area contributed by atoms with Crippen molar-refractivity contribution in [3.63, 3.8) is 0 Å². The van der Waals surface area contributed by atoms with Gasteiger partial charge >= 0.3 is 0 Å². The zero-order valence-corrected chi connectivity index (χ0v) is 15.8. The van der Waals surface area contributed by atoms with Crippen molar-refractivity contribution in [2.24, 2.45) is 10.3 Å². The van der Waals surface area contributed by atoms with Crippen LogP contribution in [0.4, 0.5) is 15.8 Å². The van der Waals surface area contributed by atoms with Crippen molar-refractivity contribution in [2.75, 3.05) is 16.8 Å². The molecule has 148 valence electrons. The Morgan fingerprint density at radius 1 is 1.10 bits per heavy atom. The van der Waals surface area contributed by atoms with Crippen molar-refractivity contribution in [3.05, 3.63) is 59.4 Å². The minimum atomic E-state index is -0.995. The van der Waals surface area contributed by atoms with Gasteiger partial charge in [0.25, 0.3) is 11.8 Å². The molecule has 9 heteroatoms. The van der Waals surface area contributed by atoms with Crippen LogP contribution >= 0.6 is 0 Å². The number of para-hydroxylation sites is 1. The molecule has 2 aromatic carbocycles. The maximum Gasteiger partial charge on any atom is 0.263 e. The fraction of sp³-hybridized carbons (Fsp3) is 0.250. The zero-order valence-electron chi connectivity index (χ0n) is 15.8. The number of nitrogens with zero attached hydrogens (tertiary/aromatic N) is 4. The molecule has 2 atom stereocenters. The summed E-state index contributed by atoms with van der Waals surface area (Å²) < 4.78 is 13.7. The highest BCUT2D eigenvalue weighted by Crippen LogP contribution is 2.32. The van der Waals surface area contributed by atoms with E-state index in [4.69, 9.17) is 0 Å². The van der Waals surface area contributed by atoms with Crippen molar-refractivity contribution in [1.29, 1.82) is 0 Å². The summed E-state index contributed by atoms with van der Waals surface area (Å²) in [6.45, 7) is 3.49. The molecule has 0 bridgehead atoms. The largest absolute Gasteiger partial charge is 0.322 e. The first kappa shape index (κ1) is 18.7. The molecule has 8 nitrogen and oxygen atoms in total. The number of nitrogens with one attached hydrogen (secondary N) is 1. The number of carbonyl (C=O) groups is 3. The normalized spacial score (nSPS) is 20.4. The number of anilines is 2. The van der Waals surface area contributed by atoms with E-state index in [1.165, 1.54) is 23.2 Å². The molecule has 0 spiro atoms. The summed E-state index contributed by atoms with van der Waals surface area (Å²) in [6, 6.07) is 9.06. The fourth-order valence-corrected chi connectivity index (χ4v) is 3.37. The maximum atomic E-state index is 13.7. The summed E-state index contributed by atoms with van der Waals surface area (Å²) in [7, 11) is 0. The number of imide groups is 1. The summed E-state index contributed by atoms with van der Waals surface area (Å²) >= 11 is 0. The molecule has 2 aliphatic heterocycles. The maximum absolute atomic E-state index is 13.7. The van der Waals surface area contributed by atoms with Crippen LogP contribution in [0.3, 0.4) is 0 Å². The van der Waals surface area contributed by atoms with E-state index in [9.17, 15) is 18.8 Å². The number of amides is 3. The van der Waals surface area contributed by atoms with Gasteiger partial charge in [-0.2, -0.15) is 5.11 Å². The van der Waals surface area contributed by atoms with Gasteiger partial charge in [0.05, 0.1) is 11.4 Å². The Kier molecular flexibility index (Phi) is 4.57. The van der Waals surface area contributed by atoms with E-state index >= 15 is 0 Å². The Hall–Kier alpha value is -3.62. The average molecular weight is 395 g/mol. The number of halogens is 1. The number of hydrogen-bond donors (Lipinski definition) is 1. The monoisotopic (exact) mass is 395 g/mol. The molecule has 2 aromatic rings. The molecule has 0 saturated carbocycles. The van der Waals surface area contributed by atoms with Crippen LogP contribution in [0.1, 0.15) is 11.1 Å². The summed E-state index contributed by atoms with van der Waals surface area (Å²) in [5.41, 5.74) is 2.47. The lowest BCUT2D eigenvalue weighted by atomic mass is 10.1. The Morgan fingerprint density at radius 2 is 1.86 bits per heavy atom. The van der Waals surface area contributed by atoms with Crippen LogP contribution in [0.25, 0.3) is 0 Å². The second-order valence-corrected chi connectivity index (χ2v) is 7.00. The lowest BCUT2D eigenvalue weighted by Crippen LogP contribution is -2.43. The first-order chi connectivity index (χ1) is 13.9. The first-order valence-corrected chi connectivity index (χ1v) is 9.03. The number of carbonyl (C=O) groups excluding carboxylic acids is 3. The summed E-state index contributed by atoms with van der Waals surface area (Å²) in [5.74, 6) is -2.12. The molecule has 1 saturated heterocycles. The van der Waals surface area contributed by atoms with Gasteiger partial charge in [0, 0.05) is 0 Å². The van der Waals surface area contributed by atoms with Gasteiger partial charge in [-0.25, -0.2) is 9.29 Å². The van der Waals surface area contributed by atoms with Crippen molar-refractivity contribution >= 4 is 29.1 Å². The van der Waals surface area contributed by atoms with E-state index in [1.807, 2.05) is 19.9 Å². The van der Waals surface area contributed by atoms with Crippen LogP contribution in [-0.2, 0) is 14.4 Å². The number of aryl methyl sites for hydroxylation is 2. The van der Waals surface area contributed by atoms with Crippen LogP contribution in [-0.4, -0.2) is 41.4 Å². The smallest absolute Gasteiger partial charge is 0.263 e. The molecule has 3 amide bonds. The number of hydrogen-bond acceptors (Lipinski definition) is 6. The van der Waals surface area contributed by atoms with Crippen LogP contribution in [0, 0.1) is 19.7 Å². The quantitative estimate of drug-likeness (QED) is 0.804. The Morgan fingerprint density at radius 3 is 2.59 bits per heavy atom. The molecule has 2 heterocycles. The zero-order chi connectivity index (χ0) is 20.7. The van der Waals surface area contributed by atoms with Crippen molar-refractivity contribution in [3.8, 4) is 0 Å². The van der Waals surface area contributed by atoms with Crippen molar-refractivity contribution < 1.29 is 18.8 Å². The average Bonchev–Trinajstić information content (AvgIpc) is 3.20. The molecule has 4 rings (SSSR count). The van der Waals surface area contributed by atoms with Gasteiger partial charge in [-0.15, -0.1) is 0 Å². The van der Waals surface area contributed by atoms with E-state index in [0.717, 1.165) is 16.0 Å². The van der Waals surface area contributed by atoms with E-state index in [1.54, 1.807) is 18.2 Å². The fourth-order valence-electron chi connectivity index (χ4n) is 3.37. The Labute approximate surface area is 166 Å². The van der Waals surface area contributed by atoms with Crippen molar-refractivity contribution in [1.82, 2.24) is 5.01 Å². The van der Waals surface area contributed by atoms with E-state index in [0.29, 0.717) is 5.69 Å². The predicted octanol–water partition coefficient (Wildman–Crippen LogP) is 2.37. The van der Waals surface area contributed by atoms with Crippen LogP contribution < -0.4 is 10.2 Å². The number of fused-ring (bicyclic) bond motifs is 1. The first-order valence-electron chi connectivity index (χ1n) is 9.03. The van der Waals surface area contributed by atoms with Gasteiger partial charge in [-0.05, 0) is 49.2 Å². The molecule has 1 N–H and O–H groups in total. The number of benzene rings is 2. The topological polar surface area (TPSA) is 94.4 Å². The molecule has 0 aromatic heterocycles. The summed E-state index contributed by atoms with van der Waals surface area (Å²) in [5, 5.41) is 11.3. The molecule has 0 unspecified atom stereocenters. The van der Waals surface area contributed by atoms with Crippen molar-refractivity contribution in [2.45, 2.75) is 25.9 Å². The second-order valence-electron chi connectivity index (χ2n) is 7.00. The second kappa shape index (κ2) is 7.08. The van der Waals surface area contributed by atoms with Crippen LogP contribution in [0.15, 0.2) is 52.8 Å². The van der Waals surface area contributed by atoms with Gasteiger partial charge in [-0.1, -0.05) is 23.4 Å². The van der Waals surface area contributed by atoms with E-state index in [2.05, 4.69) is 15.7 Å². The van der Waals surface area contributed by atoms with Gasteiger partial charge in [0.1, 0.15) is 12.4 Å².